The lowest BCUT2D eigenvalue weighted by molar-refractivity contribution is -0.136. The fourth-order valence-electron chi connectivity index (χ4n) is 3.86. The second-order valence-corrected chi connectivity index (χ2v) is 9.42. The summed E-state index contributed by atoms with van der Waals surface area (Å²) in [6, 6.07) is 3.82. The first-order chi connectivity index (χ1) is 15.2. The van der Waals surface area contributed by atoms with Gasteiger partial charge in [-0.05, 0) is 43.9 Å². The second-order valence-electron chi connectivity index (χ2n) is 7.69. The molecular formula is C20H21N5O6S. The Bertz CT molecular complexity index is 1230. The number of H-pyrrole nitrogens is 1. The third-order valence-corrected chi connectivity index (χ3v) is 7.09. The van der Waals surface area contributed by atoms with Crippen LogP contribution >= 0.6 is 0 Å². The largest absolute Gasteiger partial charge is 0.295 e. The molecule has 0 aliphatic carbocycles. The van der Waals surface area contributed by atoms with Gasteiger partial charge in [-0.25, -0.2) is 13.1 Å². The lowest BCUT2D eigenvalue weighted by Crippen LogP contribution is -2.54. The SMILES string of the molecule is Cc1[nH]ncc1S(=O)(=O)NCCCc1ccc2c(c1)C(=O)N(C1CCC(=O)NC1=O)C2=O. The van der Waals surface area contributed by atoms with Gasteiger partial charge < -0.3 is 0 Å². The number of piperidine rings is 1. The molecule has 2 aliphatic heterocycles. The van der Waals surface area contributed by atoms with Crippen LogP contribution in [0.15, 0.2) is 29.3 Å². The van der Waals surface area contributed by atoms with Gasteiger partial charge in [0.25, 0.3) is 11.8 Å². The molecule has 168 valence electrons. The van der Waals surface area contributed by atoms with E-state index in [0.29, 0.717) is 18.5 Å². The lowest BCUT2D eigenvalue weighted by Gasteiger charge is -2.27. The molecular weight excluding hydrogens is 438 g/mol. The Kier molecular flexibility index (Phi) is 5.65. The fourth-order valence-corrected chi connectivity index (χ4v) is 5.07. The Labute approximate surface area is 183 Å². The van der Waals surface area contributed by atoms with Crippen molar-refractivity contribution >= 4 is 33.7 Å². The molecule has 3 heterocycles. The molecule has 0 bridgehead atoms. The van der Waals surface area contributed by atoms with Crippen LogP contribution in [0.1, 0.15) is 51.2 Å². The number of hydrogen-bond acceptors (Lipinski definition) is 7. The topological polar surface area (TPSA) is 158 Å². The van der Waals surface area contributed by atoms with Crippen molar-refractivity contribution in [3.63, 3.8) is 0 Å². The molecule has 1 saturated heterocycles. The number of fused-ring (bicyclic) bond motifs is 1. The number of aryl methyl sites for hydroxylation is 2. The molecule has 4 rings (SSSR count). The molecule has 11 nitrogen and oxygen atoms in total. The molecule has 3 N–H and O–H groups in total. The molecule has 0 radical (unpaired) electrons. The first kappa shape index (κ1) is 21.8. The maximum atomic E-state index is 12.9. The van der Waals surface area contributed by atoms with E-state index in [0.717, 1.165) is 10.5 Å². The number of benzene rings is 1. The molecule has 1 aromatic carbocycles. The zero-order chi connectivity index (χ0) is 23.0. The van der Waals surface area contributed by atoms with E-state index in [1.807, 2.05) is 0 Å². The molecule has 1 fully saturated rings. The average Bonchev–Trinajstić information content (AvgIpc) is 3.28. The number of hydrogen-bond donors (Lipinski definition) is 3. The van der Waals surface area contributed by atoms with Crippen molar-refractivity contribution in [1.29, 1.82) is 0 Å². The predicted molar refractivity (Wildman–Crippen MR) is 110 cm³/mol. The van der Waals surface area contributed by atoms with Gasteiger partial charge in [-0.1, -0.05) is 6.07 Å². The number of amides is 4. The number of carbonyl (C=O) groups is 4. The van der Waals surface area contributed by atoms with Gasteiger partial charge in [0.1, 0.15) is 10.9 Å². The zero-order valence-corrected chi connectivity index (χ0v) is 18.0. The highest BCUT2D eigenvalue weighted by Crippen LogP contribution is 2.28. The van der Waals surface area contributed by atoms with E-state index in [1.165, 1.54) is 12.3 Å². The molecule has 2 aromatic rings. The van der Waals surface area contributed by atoms with Gasteiger partial charge in [-0.15, -0.1) is 0 Å². The average molecular weight is 459 g/mol. The lowest BCUT2D eigenvalue weighted by atomic mass is 10.0. The van der Waals surface area contributed by atoms with E-state index in [1.54, 1.807) is 19.1 Å². The number of aromatic nitrogens is 2. The Balaban J connectivity index is 1.40. The van der Waals surface area contributed by atoms with Crippen LogP contribution in [-0.2, 0) is 26.0 Å². The molecule has 4 amide bonds. The van der Waals surface area contributed by atoms with E-state index >= 15 is 0 Å². The van der Waals surface area contributed by atoms with Gasteiger partial charge >= 0.3 is 0 Å². The van der Waals surface area contributed by atoms with E-state index in [2.05, 4.69) is 20.2 Å². The number of rotatable bonds is 7. The highest BCUT2D eigenvalue weighted by molar-refractivity contribution is 7.89. The molecule has 2 aliphatic rings. The maximum Gasteiger partial charge on any atom is 0.262 e. The molecule has 0 spiro atoms. The minimum atomic E-state index is -3.67. The smallest absolute Gasteiger partial charge is 0.262 e. The first-order valence-corrected chi connectivity index (χ1v) is 11.5. The molecule has 1 unspecified atom stereocenters. The number of aromatic amines is 1. The van der Waals surface area contributed by atoms with E-state index < -0.39 is 39.7 Å². The quantitative estimate of drug-likeness (QED) is 0.389. The molecule has 0 saturated carbocycles. The summed E-state index contributed by atoms with van der Waals surface area (Å²) < 4.78 is 27.1. The van der Waals surface area contributed by atoms with Gasteiger partial charge in [0.2, 0.25) is 21.8 Å². The van der Waals surface area contributed by atoms with Gasteiger partial charge in [0, 0.05) is 13.0 Å². The van der Waals surface area contributed by atoms with Crippen molar-refractivity contribution < 1.29 is 27.6 Å². The monoisotopic (exact) mass is 459 g/mol. The summed E-state index contributed by atoms with van der Waals surface area (Å²) in [5.74, 6) is -2.22. The van der Waals surface area contributed by atoms with Crippen LogP contribution < -0.4 is 10.0 Å². The van der Waals surface area contributed by atoms with E-state index in [-0.39, 0.29) is 35.4 Å². The van der Waals surface area contributed by atoms with Gasteiger partial charge in [0.05, 0.1) is 23.0 Å². The molecule has 1 aromatic heterocycles. The third kappa shape index (κ3) is 3.94. The summed E-state index contributed by atoms with van der Waals surface area (Å²) in [6.45, 7) is 1.79. The molecule has 12 heteroatoms. The van der Waals surface area contributed by atoms with Gasteiger partial charge in [0.15, 0.2) is 0 Å². The van der Waals surface area contributed by atoms with E-state index in [4.69, 9.17) is 0 Å². The van der Waals surface area contributed by atoms with Crippen molar-refractivity contribution in [3.05, 3.63) is 46.8 Å². The summed E-state index contributed by atoms with van der Waals surface area (Å²) >= 11 is 0. The Hall–Kier alpha value is -3.38. The van der Waals surface area contributed by atoms with Crippen molar-refractivity contribution in [1.82, 2.24) is 25.1 Å². The Morgan fingerprint density at radius 1 is 1.16 bits per heavy atom. The van der Waals surface area contributed by atoms with Gasteiger partial charge in [-0.3, -0.25) is 34.5 Å². The van der Waals surface area contributed by atoms with Crippen molar-refractivity contribution in [2.45, 2.75) is 43.5 Å². The second kappa shape index (κ2) is 8.28. The molecule has 1 atom stereocenters. The van der Waals surface area contributed by atoms with Crippen LogP contribution in [0.4, 0.5) is 0 Å². The van der Waals surface area contributed by atoms with Crippen molar-refractivity contribution in [3.8, 4) is 0 Å². The zero-order valence-electron chi connectivity index (χ0n) is 17.2. The van der Waals surface area contributed by atoms with Crippen LogP contribution in [0.3, 0.4) is 0 Å². The van der Waals surface area contributed by atoms with Crippen LogP contribution in [0.2, 0.25) is 0 Å². The normalized spacial score (nSPS) is 18.8. The highest BCUT2D eigenvalue weighted by Gasteiger charge is 2.44. The molecule has 32 heavy (non-hydrogen) atoms. The summed E-state index contributed by atoms with van der Waals surface area (Å²) in [7, 11) is -3.67. The van der Waals surface area contributed by atoms with Crippen LogP contribution in [-0.4, -0.2) is 59.7 Å². The third-order valence-electron chi connectivity index (χ3n) is 5.51. The first-order valence-electron chi connectivity index (χ1n) is 10.0. The fraction of sp³-hybridized carbons (Fsp3) is 0.350. The van der Waals surface area contributed by atoms with Crippen LogP contribution in [0.25, 0.3) is 0 Å². The highest BCUT2D eigenvalue weighted by atomic mass is 32.2. The maximum absolute atomic E-state index is 12.9. The number of sulfonamides is 1. The van der Waals surface area contributed by atoms with E-state index in [9.17, 15) is 27.6 Å². The summed E-state index contributed by atoms with van der Waals surface area (Å²) in [4.78, 5) is 50.1. The summed E-state index contributed by atoms with van der Waals surface area (Å²) in [5, 5.41) is 8.45. The number of imide groups is 2. The minimum Gasteiger partial charge on any atom is -0.295 e. The van der Waals surface area contributed by atoms with Gasteiger partial charge in [-0.2, -0.15) is 5.10 Å². The summed E-state index contributed by atoms with van der Waals surface area (Å²) in [5.41, 5.74) is 1.61. The minimum absolute atomic E-state index is 0.0588. The Morgan fingerprint density at radius 3 is 2.59 bits per heavy atom. The van der Waals surface area contributed by atoms with Crippen LogP contribution in [0, 0.1) is 6.92 Å². The predicted octanol–water partition coefficient (Wildman–Crippen LogP) is 0.0304. The van der Waals surface area contributed by atoms with Crippen molar-refractivity contribution in [2.24, 2.45) is 0 Å². The number of carbonyl (C=O) groups excluding carboxylic acids is 4. The Morgan fingerprint density at radius 2 is 1.91 bits per heavy atom. The number of nitrogens with zero attached hydrogens (tertiary/aromatic N) is 2. The summed E-state index contributed by atoms with van der Waals surface area (Å²) in [6.07, 6.45) is 2.34. The van der Waals surface area contributed by atoms with Crippen molar-refractivity contribution in [2.75, 3.05) is 6.54 Å². The standard InChI is InChI=1S/C20H21N5O6S/c1-11-16(10-21-24-11)32(30,31)22-8-2-3-12-4-5-13-14(9-12)20(29)25(19(13)28)15-6-7-17(26)23-18(15)27/h4-5,9-10,15,22H,2-3,6-8H2,1H3,(H,21,24)(H,23,26,27). The van der Waals surface area contributed by atoms with Crippen LogP contribution in [0.5, 0.6) is 0 Å². The number of nitrogens with one attached hydrogen (secondary N) is 3.